The van der Waals surface area contributed by atoms with E-state index in [0.717, 1.165) is 12.0 Å². The minimum atomic E-state index is -0.551. The van der Waals surface area contributed by atoms with Gasteiger partial charge in [0.15, 0.2) is 11.2 Å². The van der Waals surface area contributed by atoms with Gasteiger partial charge in [-0.3, -0.25) is 9.59 Å². The molecule has 160 valence electrons. The third-order valence-corrected chi connectivity index (χ3v) is 5.39. The van der Waals surface area contributed by atoms with E-state index >= 15 is 0 Å². The van der Waals surface area contributed by atoms with E-state index in [9.17, 15) is 9.59 Å². The predicted octanol–water partition coefficient (Wildman–Crippen LogP) is 4.73. The molecule has 6 nitrogen and oxygen atoms in total. The Hall–Kier alpha value is -3.09. The van der Waals surface area contributed by atoms with Gasteiger partial charge in [0.05, 0.1) is 22.9 Å². The average molecular weight is 440 g/mol. The first-order valence-electron chi connectivity index (χ1n) is 9.94. The third-order valence-electron chi connectivity index (χ3n) is 5.10. The summed E-state index contributed by atoms with van der Waals surface area (Å²) in [7, 11) is 1.64. The lowest BCUT2D eigenvalue weighted by atomic mass is 10.0. The summed E-state index contributed by atoms with van der Waals surface area (Å²) < 4.78 is 19.0. The van der Waals surface area contributed by atoms with Crippen molar-refractivity contribution >= 4 is 17.4 Å². The number of Topliss-reactive ketones (excluding diaryl/α,β-unsaturated/α-hetero) is 1. The summed E-state index contributed by atoms with van der Waals surface area (Å²) >= 11 is 6.46. The second-order valence-electron chi connectivity index (χ2n) is 7.25. The van der Waals surface area contributed by atoms with Crippen LogP contribution in [0.15, 0.2) is 59.5 Å². The van der Waals surface area contributed by atoms with Crippen LogP contribution in [0.3, 0.4) is 0 Å². The molecule has 3 aromatic rings. The number of carbonyl (C=O) groups excluding carboxylic acids is 1. The molecule has 31 heavy (non-hydrogen) atoms. The molecular formula is C24H22ClNO5. The Kier molecular flexibility index (Phi) is 6.11. The van der Waals surface area contributed by atoms with Gasteiger partial charge in [0, 0.05) is 49.6 Å². The number of benzene rings is 2. The fourth-order valence-electron chi connectivity index (χ4n) is 3.58. The number of fused-ring (bicyclic) bond motifs is 3. The number of carbonyl (C=O) groups is 1. The molecule has 0 saturated heterocycles. The van der Waals surface area contributed by atoms with Crippen molar-refractivity contribution in [3.05, 3.63) is 81.1 Å². The van der Waals surface area contributed by atoms with Crippen molar-refractivity contribution in [2.75, 3.05) is 20.3 Å². The van der Waals surface area contributed by atoms with Crippen LogP contribution in [0.5, 0.6) is 11.5 Å². The van der Waals surface area contributed by atoms with Gasteiger partial charge >= 0.3 is 0 Å². The van der Waals surface area contributed by atoms with E-state index in [1.807, 2.05) is 30.3 Å². The van der Waals surface area contributed by atoms with Gasteiger partial charge in [-0.2, -0.15) is 0 Å². The zero-order valence-corrected chi connectivity index (χ0v) is 18.0. The highest BCUT2D eigenvalue weighted by Crippen LogP contribution is 2.44. The average Bonchev–Trinajstić information content (AvgIpc) is 2.76. The molecule has 0 radical (unpaired) electrons. The van der Waals surface area contributed by atoms with Crippen LogP contribution in [-0.2, 0) is 4.74 Å². The number of rotatable bonds is 7. The molecule has 1 atom stereocenters. The molecule has 0 fully saturated rings. The molecule has 0 unspecified atom stereocenters. The molecule has 0 saturated carbocycles. The standard InChI is InChI=1S/C24H22ClNO5/c1-15(27)18-14-26-20(12-21(18)28)17-11-19(25)23(30-10-6-9-29-2)13-22(17)31-24(26)16-7-4-3-5-8-16/h3-5,7-8,11-14,24H,6,9-10H2,1-2H3/t24-/m0/s1. The normalized spacial score (nSPS) is 14.4. The Morgan fingerprint density at radius 2 is 1.94 bits per heavy atom. The van der Waals surface area contributed by atoms with Crippen molar-refractivity contribution in [2.45, 2.75) is 19.6 Å². The fraction of sp³-hybridized carbons (Fsp3) is 0.250. The van der Waals surface area contributed by atoms with E-state index in [1.165, 1.54) is 13.0 Å². The quantitative estimate of drug-likeness (QED) is 0.393. The lowest BCUT2D eigenvalue weighted by Crippen LogP contribution is -2.27. The molecule has 1 aliphatic heterocycles. The van der Waals surface area contributed by atoms with Crippen LogP contribution in [0.2, 0.25) is 5.02 Å². The maximum absolute atomic E-state index is 12.6. The number of hydrogen-bond acceptors (Lipinski definition) is 5. The monoisotopic (exact) mass is 439 g/mol. The van der Waals surface area contributed by atoms with Crippen LogP contribution in [0, 0.1) is 0 Å². The number of pyridine rings is 1. The Balaban J connectivity index is 1.83. The summed E-state index contributed by atoms with van der Waals surface area (Å²) in [5, 5.41) is 0.410. The molecule has 7 heteroatoms. The lowest BCUT2D eigenvalue weighted by Gasteiger charge is -2.32. The minimum absolute atomic E-state index is 0.112. The summed E-state index contributed by atoms with van der Waals surface area (Å²) in [6, 6.07) is 14.5. The highest BCUT2D eigenvalue weighted by Gasteiger charge is 2.29. The molecule has 4 rings (SSSR count). The number of halogens is 1. The van der Waals surface area contributed by atoms with Crippen molar-refractivity contribution in [2.24, 2.45) is 0 Å². The first kappa shape index (κ1) is 21.2. The zero-order chi connectivity index (χ0) is 22.0. The van der Waals surface area contributed by atoms with E-state index in [0.29, 0.717) is 41.0 Å². The second kappa shape index (κ2) is 8.96. The van der Waals surface area contributed by atoms with Crippen molar-refractivity contribution in [1.29, 1.82) is 0 Å². The van der Waals surface area contributed by atoms with Crippen LogP contribution < -0.4 is 14.9 Å². The molecule has 2 heterocycles. The second-order valence-corrected chi connectivity index (χ2v) is 7.66. The number of nitrogens with zero attached hydrogens (tertiary/aromatic N) is 1. The molecule has 1 aliphatic rings. The van der Waals surface area contributed by atoms with Gasteiger partial charge in [-0.15, -0.1) is 0 Å². The largest absolute Gasteiger partial charge is 0.492 e. The van der Waals surface area contributed by atoms with E-state index in [2.05, 4.69) is 0 Å². The number of hydrogen-bond donors (Lipinski definition) is 0. The summed E-state index contributed by atoms with van der Waals surface area (Å²) in [6.45, 7) is 2.42. The molecule has 0 N–H and O–H groups in total. The lowest BCUT2D eigenvalue weighted by molar-refractivity contribution is 0.101. The molecule has 0 amide bonds. The van der Waals surface area contributed by atoms with Gasteiger partial charge in [0.25, 0.3) is 0 Å². The predicted molar refractivity (Wildman–Crippen MR) is 118 cm³/mol. The number of ketones is 1. The number of methoxy groups -OCH3 is 1. The molecule has 0 bridgehead atoms. The Labute approximate surface area is 184 Å². The topological polar surface area (TPSA) is 66.8 Å². The van der Waals surface area contributed by atoms with E-state index in [4.69, 9.17) is 25.8 Å². The molecule has 0 aliphatic carbocycles. The SMILES string of the molecule is COCCCOc1cc2c(cc1Cl)-c1cc(=O)c(C(C)=O)cn1[C@H](c1ccccc1)O2. The summed E-state index contributed by atoms with van der Waals surface area (Å²) in [4.78, 5) is 24.6. The number of aromatic nitrogens is 1. The van der Waals surface area contributed by atoms with Gasteiger partial charge < -0.3 is 18.8 Å². The fourth-order valence-corrected chi connectivity index (χ4v) is 3.79. The zero-order valence-electron chi connectivity index (χ0n) is 17.3. The summed E-state index contributed by atoms with van der Waals surface area (Å²) in [5.74, 6) is 0.755. The molecular weight excluding hydrogens is 418 g/mol. The molecule has 2 aromatic carbocycles. The van der Waals surface area contributed by atoms with Gasteiger partial charge in [0.2, 0.25) is 6.23 Å². The smallest absolute Gasteiger partial charge is 0.202 e. The van der Waals surface area contributed by atoms with Crippen molar-refractivity contribution in [3.63, 3.8) is 0 Å². The van der Waals surface area contributed by atoms with Crippen LogP contribution in [0.4, 0.5) is 0 Å². The van der Waals surface area contributed by atoms with Crippen molar-refractivity contribution in [1.82, 2.24) is 4.57 Å². The van der Waals surface area contributed by atoms with Crippen LogP contribution in [0.1, 0.15) is 35.5 Å². The van der Waals surface area contributed by atoms with E-state index in [-0.39, 0.29) is 16.8 Å². The summed E-state index contributed by atoms with van der Waals surface area (Å²) in [5.41, 5.74) is 1.94. The van der Waals surface area contributed by atoms with Crippen molar-refractivity contribution in [3.8, 4) is 22.8 Å². The highest BCUT2D eigenvalue weighted by atomic mass is 35.5. The molecule has 1 aromatic heterocycles. The third kappa shape index (κ3) is 4.22. The van der Waals surface area contributed by atoms with Gasteiger partial charge in [-0.1, -0.05) is 41.9 Å². The van der Waals surface area contributed by atoms with Gasteiger partial charge in [-0.05, 0) is 13.0 Å². The van der Waals surface area contributed by atoms with E-state index < -0.39 is 6.23 Å². The Morgan fingerprint density at radius 1 is 1.16 bits per heavy atom. The Morgan fingerprint density at radius 3 is 2.65 bits per heavy atom. The summed E-state index contributed by atoms with van der Waals surface area (Å²) in [6.07, 6.45) is 1.73. The van der Waals surface area contributed by atoms with E-state index in [1.54, 1.807) is 30.0 Å². The maximum Gasteiger partial charge on any atom is 0.202 e. The highest BCUT2D eigenvalue weighted by molar-refractivity contribution is 6.32. The number of ether oxygens (including phenoxy) is 3. The first-order chi connectivity index (χ1) is 15.0. The minimum Gasteiger partial charge on any atom is -0.492 e. The van der Waals surface area contributed by atoms with Crippen LogP contribution >= 0.6 is 11.6 Å². The Bertz CT molecular complexity index is 1170. The van der Waals surface area contributed by atoms with Crippen LogP contribution in [-0.4, -0.2) is 30.7 Å². The van der Waals surface area contributed by atoms with Crippen LogP contribution in [0.25, 0.3) is 11.3 Å². The first-order valence-corrected chi connectivity index (χ1v) is 10.3. The maximum atomic E-state index is 12.6. The molecule has 0 spiro atoms. The van der Waals surface area contributed by atoms with Gasteiger partial charge in [0.1, 0.15) is 11.5 Å². The van der Waals surface area contributed by atoms with Gasteiger partial charge in [-0.25, -0.2) is 0 Å². The van der Waals surface area contributed by atoms with Crippen molar-refractivity contribution < 1.29 is 19.0 Å².